The van der Waals surface area contributed by atoms with Crippen molar-refractivity contribution in [2.45, 2.75) is 12.1 Å². The van der Waals surface area contributed by atoms with Crippen LogP contribution >= 0.6 is 0 Å². The van der Waals surface area contributed by atoms with Crippen LogP contribution in [0.4, 0.5) is 5.69 Å². The molecule has 2 aromatic carbocycles. The van der Waals surface area contributed by atoms with E-state index >= 15 is 0 Å². The van der Waals surface area contributed by atoms with E-state index in [1.165, 1.54) is 11.3 Å². The highest BCUT2D eigenvalue weighted by Crippen LogP contribution is 2.43. The summed E-state index contributed by atoms with van der Waals surface area (Å²) in [6, 6.07) is 19.5. The van der Waals surface area contributed by atoms with Crippen LogP contribution in [0.2, 0.25) is 0 Å². The lowest BCUT2D eigenvalue weighted by Gasteiger charge is -2.24. The zero-order valence-electron chi connectivity index (χ0n) is 15.0. The molecule has 0 saturated carbocycles. The van der Waals surface area contributed by atoms with Gasteiger partial charge in [-0.25, -0.2) is 9.67 Å². The maximum absolute atomic E-state index is 9.90. The summed E-state index contributed by atoms with van der Waals surface area (Å²) in [5.74, 6) is 0.940. The molecule has 1 aromatic heterocycles. The molecule has 6 heteroatoms. The number of aliphatic hydroxyl groups excluding tert-OH is 1. The molecule has 0 amide bonds. The third kappa shape index (κ3) is 2.91. The Balaban J connectivity index is 1.40. The lowest BCUT2D eigenvalue weighted by Crippen LogP contribution is -2.36. The van der Waals surface area contributed by atoms with Crippen LogP contribution in [0.5, 0.6) is 0 Å². The molecule has 0 spiro atoms. The Morgan fingerprint density at radius 1 is 0.963 bits per heavy atom. The quantitative estimate of drug-likeness (QED) is 0.744. The molecule has 2 N–H and O–H groups in total. The standard InChI is InChI=1S/C21H23N5O/c27-12-20-18-10-25(16-4-2-1-3-5-16)11-19(18)21(24-20)15-6-8-17(9-7-15)26-14-22-13-23-26/h1-9,13-14,18-21,24,27H,10-12H2/t18-,19+,20-,21+/m0/s1. The average molecular weight is 361 g/mol. The molecule has 3 heterocycles. The zero-order chi connectivity index (χ0) is 18.2. The predicted octanol–water partition coefficient (Wildman–Crippen LogP) is 2.03. The highest BCUT2D eigenvalue weighted by atomic mass is 16.3. The van der Waals surface area contributed by atoms with Gasteiger partial charge in [0.25, 0.3) is 0 Å². The van der Waals surface area contributed by atoms with Gasteiger partial charge in [-0.05, 0) is 29.8 Å². The number of rotatable bonds is 4. The van der Waals surface area contributed by atoms with Gasteiger partial charge in [0.2, 0.25) is 0 Å². The fourth-order valence-electron chi connectivity index (χ4n) is 4.67. The number of aromatic nitrogens is 3. The molecule has 0 radical (unpaired) electrons. The van der Waals surface area contributed by atoms with Gasteiger partial charge in [0.05, 0.1) is 12.3 Å². The molecule has 0 bridgehead atoms. The normalized spacial score (nSPS) is 27.1. The van der Waals surface area contributed by atoms with Crippen molar-refractivity contribution in [3.63, 3.8) is 0 Å². The molecule has 138 valence electrons. The SMILES string of the molecule is OC[C@@H]1N[C@H](c2ccc(-n3cncn3)cc2)[C@@H]2CN(c3ccccc3)C[C@@H]21. The molecule has 0 aliphatic carbocycles. The maximum atomic E-state index is 9.90. The first-order valence-corrected chi connectivity index (χ1v) is 9.45. The van der Waals surface area contributed by atoms with E-state index in [0.29, 0.717) is 11.8 Å². The van der Waals surface area contributed by atoms with Crippen molar-refractivity contribution in [2.24, 2.45) is 11.8 Å². The number of para-hydroxylation sites is 1. The average Bonchev–Trinajstić information content (AvgIpc) is 3.45. The van der Waals surface area contributed by atoms with Crippen LogP contribution in [-0.4, -0.2) is 45.6 Å². The van der Waals surface area contributed by atoms with Gasteiger partial charge in [0.15, 0.2) is 0 Å². The fraction of sp³-hybridized carbons (Fsp3) is 0.333. The first-order chi connectivity index (χ1) is 13.3. The summed E-state index contributed by atoms with van der Waals surface area (Å²) in [4.78, 5) is 6.46. The van der Waals surface area contributed by atoms with Gasteiger partial charge in [-0.3, -0.25) is 0 Å². The Kier molecular flexibility index (Phi) is 4.14. The minimum Gasteiger partial charge on any atom is -0.395 e. The van der Waals surface area contributed by atoms with Gasteiger partial charge in [-0.15, -0.1) is 0 Å². The molecule has 0 unspecified atom stereocenters. The van der Waals surface area contributed by atoms with E-state index in [2.05, 4.69) is 74.9 Å². The van der Waals surface area contributed by atoms with Crippen LogP contribution in [0.3, 0.4) is 0 Å². The predicted molar refractivity (Wildman–Crippen MR) is 104 cm³/mol. The Hall–Kier alpha value is -2.70. The van der Waals surface area contributed by atoms with Crippen molar-refractivity contribution >= 4 is 5.69 Å². The summed E-state index contributed by atoms with van der Waals surface area (Å²) in [6.45, 7) is 2.17. The van der Waals surface area contributed by atoms with E-state index in [4.69, 9.17) is 0 Å². The number of anilines is 1. The molecule has 2 aliphatic rings. The maximum Gasteiger partial charge on any atom is 0.138 e. The van der Waals surface area contributed by atoms with Gasteiger partial charge < -0.3 is 15.3 Å². The molecular formula is C21H23N5O. The molecular weight excluding hydrogens is 338 g/mol. The number of benzene rings is 2. The Morgan fingerprint density at radius 3 is 2.44 bits per heavy atom. The lowest BCUT2D eigenvalue weighted by atomic mass is 9.87. The van der Waals surface area contributed by atoms with E-state index in [1.807, 2.05) is 0 Å². The van der Waals surface area contributed by atoms with E-state index in [0.717, 1.165) is 18.8 Å². The second-order valence-corrected chi connectivity index (χ2v) is 7.43. The summed E-state index contributed by atoms with van der Waals surface area (Å²) < 4.78 is 1.76. The highest BCUT2D eigenvalue weighted by molar-refractivity contribution is 5.48. The highest BCUT2D eigenvalue weighted by Gasteiger charge is 2.48. The summed E-state index contributed by atoms with van der Waals surface area (Å²) in [7, 11) is 0. The molecule has 3 aromatic rings. The molecule has 4 atom stereocenters. The van der Waals surface area contributed by atoms with E-state index in [-0.39, 0.29) is 18.7 Å². The second-order valence-electron chi connectivity index (χ2n) is 7.43. The zero-order valence-corrected chi connectivity index (χ0v) is 15.0. The number of aliphatic hydroxyl groups is 1. The first kappa shape index (κ1) is 16.5. The van der Waals surface area contributed by atoms with E-state index < -0.39 is 0 Å². The number of hydrogen-bond acceptors (Lipinski definition) is 5. The number of nitrogens with one attached hydrogen (secondary N) is 1. The van der Waals surface area contributed by atoms with Crippen molar-refractivity contribution in [1.82, 2.24) is 20.1 Å². The summed E-state index contributed by atoms with van der Waals surface area (Å²) in [5.41, 5.74) is 3.53. The molecule has 2 saturated heterocycles. The Morgan fingerprint density at radius 2 is 1.74 bits per heavy atom. The van der Waals surface area contributed by atoms with Crippen LogP contribution < -0.4 is 10.2 Å². The third-order valence-electron chi connectivity index (χ3n) is 6.00. The number of fused-ring (bicyclic) bond motifs is 1. The molecule has 2 aliphatic heterocycles. The van der Waals surface area contributed by atoms with Crippen molar-refractivity contribution < 1.29 is 5.11 Å². The van der Waals surface area contributed by atoms with E-state index in [1.54, 1.807) is 17.3 Å². The summed E-state index contributed by atoms with van der Waals surface area (Å²) >= 11 is 0. The van der Waals surface area contributed by atoms with Crippen LogP contribution in [0.25, 0.3) is 5.69 Å². The van der Waals surface area contributed by atoms with Crippen LogP contribution in [0.1, 0.15) is 11.6 Å². The topological polar surface area (TPSA) is 66.2 Å². The molecule has 2 fully saturated rings. The summed E-state index contributed by atoms with van der Waals surface area (Å²) in [5, 5.41) is 17.8. The minimum absolute atomic E-state index is 0.142. The van der Waals surface area contributed by atoms with Crippen molar-refractivity contribution in [3.05, 3.63) is 72.8 Å². The second kappa shape index (κ2) is 6.79. The van der Waals surface area contributed by atoms with Gasteiger partial charge in [0.1, 0.15) is 12.7 Å². The Labute approximate surface area is 158 Å². The largest absolute Gasteiger partial charge is 0.395 e. The minimum atomic E-state index is 0.142. The van der Waals surface area contributed by atoms with E-state index in [9.17, 15) is 5.11 Å². The number of hydrogen-bond donors (Lipinski definition) is 2. The fourth-order valence-corrected chi connectivity index (χ4v) is 4.67. The first-order valence-electron chi connectivity index (χ1n) is 9.45. The molecule has 27 heavy (non-hydrogen) atoms. The summed E-state index contributed by atoms with van der Waals surface area (Å²) in [6.07, 6.45) is 3.24. The molecule has 6 nitrogen and oxygen atoms in total. The number of nitrogens with zero attached hydrogens (tertiary/aromatic N) is 4. The van der Waals surface area contributed by atoms with Crippen molar-refractivity contribution in [1.29, 1.82) is 0 Å². The van der Waals surface area contributed by atoms with Gasteiger partial charge in [0, 0.05) is 42.7 Å². The Bertz CT molecular complexity index is 881. The van der Waals surface area contributed by atoms with Crippen LogP contribution in [0.15, 0.2) is 67.3 Å². The van der Waals surface area contributed by atoms with Crippen LogP contribution in [0, 0.1) is 11.8 Å². The van der Waals surface area contributed by atoms with Crippen molar-refractivity contribution in [3.8, 4) is 5.69 Å². The monoisotopic (exact) mass is 361 g/mol. The van der Waals surface area contributed by atoms with Crippen molar-refractivity contribution in [2.75, 3.05) is 24.6 Å². The third-order valence-corrected chi connectivity index (χ3v) is 6.00. The molecule has 5 rings (SSSR count). The van der Waals surface area contributed by atoms with Gasteiger partial charge in [-0.1, -0.05) is 30.3 Å². The van der Waals surface area contributed by atoms with Gasteiger partial charge in [-0.2, -0.15) is 5.10 Å². The smallest absolute Gasteiger partial charge is 0.138 e. The van der Waals surface area contributed by atoms with Crippen LogP contribution in [-0.2, 0) is 0 Å². The van der Waals surface area contributed by atoms with Gasteiger partial charge >= 0.3 is 0 Å². The lowest BCUT2D eigenvalue weighted by molar-refractivity contribution is 0.227.